The van der Waals surface area contributed by atoms with Crippen molar-refractivity contribution in [2.75, 3.05) is 0 Å². The fraction of sp³-hybridized carbons (Fsp3) is 0.118. The molecule has 0 saturated heterocycles. The number of carbonyl (C=O) groups is 1. The Kier molecular flexibility index (Phi) is 3.60. The predicted molar refractivity (Wildman–Crippen MR) is 81.2 cm³/mol. The van der Waals surface area contributed by atoms with Crippen LogP contribution in [0.15, 0.2) is 54.7 Å². The second-order valence-electron chi connectivity index (χ2n) is 5.22. The van der Waals surface area contributed by atoms with E-state index in [1.165, 1.54) is 42.6 Å². The molecule has 118 valence electrons. The van der Waals surface area contributed by atoms with Crippen LogP contribution in [-0.4, -0.2) is 17.1 Å². The Balaban J connectivity index is 2.36. The number of primary amides is 1. The first-order chi connectivity index (χ1) is 10.9. The van der Waals surface area contributed by atoms with E-state index in [0.717, 1.165) is 0 Å². The number of halogens is 3. The van der Waals surface area contributed by atoms with Gasteiger partial charge in [-0.15, -0.1) is 0 Å². The van der Waals surface area contributed by atoms with Gasteiger partial charge in [-0.25, -0.2) is 0 Å². The Morgan fingerprint density at radius 2 is 1.74 bits per heavy atom. The Morgan fingerprint density at radius 1 is 1.04 bits per heavy atom. The van der Waals surface area contributed by atoms with Gasteiger partial charge in [0.15, 0.2) is 0 Å². The van der Waals surface area contributed by atoms with E-state index in [4.69, 9.17) is 5.73 Å². The molecule has 0 aliphatic heterocycles. The third-order valence-corrected chi connectivity index (χ3v) is 3.79. The maximum absolute atomic E-state index is 13.8. The zero-order valence-electron chi connectivity index (χ0n) is 11.9. The van der Waals surface area contributed by atoms with Crippen LogP contribution in [-0.2, 0) is 0 Å². The first kappa shape index (κ1) is 15.1. The number of rotatable bonds is 3. The molecule has 6 heteroatoms. The monoisotopic (exact) mass is 318 g/mol. The summed E-state index contributed by atoms with van der Waals surface area (Å²) < 4.78 is 41.4. The van der Waals surface area contributed by atoms with E-state index in [-0.39, 0.29) is 16.7 Å². The number of amides is 1. The predicted octanol–water partition coefficient (Wildman–Crippen LogP) is 3.96. The SMILES string of the molecule is NC(=O)c1ccc2[nH]ccc2c1C(c1ccccc1)C(F)(F)F. The summed E-state index contributed by atoms with van der Waals surface area (Å²) in [4.78, 5) is 14.6. The molecule has 1 atom stereocenters. The number of hydrogen-bond acceptors (Lipinski definition) is 1. The summed E-state index contributed by atoms with van der Waals surface area (Å²) in [5, 5.41) is 0.340. The molecule has 1 amide bonds. The number of aromatic amines is 1. The van der Waals surface area contributed by atoms with Crippen molar-refractivity contribution in [3.05, 3.63) is 71.4 Å². The highest BCUT2D eigenvalue weighted by Crippen LogP contribution is 2.44. The topological polar surface area (TPSA) is 58.9 Å². The van der Waals surface area contributed by atoms with E-state index in [0.29, 0.717) is 10.9 Å². The Morgan fingerprint density at radius 3 is 2.35 bits per heavy atom. The van der Waals surface area contributed by atoms with Gasteiger partial charge in [-0.3, -0.25) is 4.79 Å². The van der Waals surface area contributed by atoms with Gasteiger partial charge in [-0.2, -0.15) is 13.2 Å². The molecule has 3 rings (SSSR count). The van der Waals surface area contributed by atoms with Crippen molar-refractivity contribution < 1.29 is 18.0 Å². The molecule has 0 bridgehead atoms. The number of nitrogens with one attached hydrogen (secondary N) is 1. The molecule has 0 radical (unpaired) electrons. The summed E-state index contributed by atoms with van der Waals surface area (Å²) in [5.74, 6) is -2.81. The van der Waals surface area contributed by atoms with Crippen LogP contribution in [0, 0.1) is 0 Å². The summed E-state index contributed by atoms with van der Waals surface area (Å²) >= 11 is 0. The molecule has 1 unspecified atom stereocenters. The van der Waals surface area contributed by atoms with Crippen molar-refractivity contribution in [1.29, 1.82) is 0 Å². The minimum Gasteiger partial charge on any atom is -0.366 e. The molecule has 1 aromatic heterocycles. The van der Waals surface area contributed by atoms with Gasteiger partial charge < -0.3 is 10.7 Å². The lowest BCUT2D eigenvalue weighted by molar-refractivity contribution is -0.140. The van der Waals surface area contributed by atoms with Gasteiger partial charge >= 0.3 is 6.18 Å². The van der Waals surface area contributed by atoms with Gasteiger partial charge in [0, 0.05) is 22.7 Å². The summed E-state index contributed by atoms with van der Waals surface area (Å²) in [6, 6.07) is 11.9. The number of fused-ring (bicyclic) bond motifs is 1. The molecule has 2 aromatic carbocycles. The molecule has 3 nitrogen and oxygen atoms in total. The van der Waals surface area contributed by atoms with Crippen molar-refractivity contribution in [2.45, 2.75) is 12.1 Å². The van der Waals surface area contributed by atoms with Crippen molar-refractivity contribution >= 4 is 16.8 Å². The van der Waals surface area contributed by atoms with Gasteiger partial charge in [0.05, 0.1) is 0 Å². The summed E-state index contributed by atoms with van der Waals surface area (Å²) in [5.41, 5.74) is 5.67. The number of nitrogens with two attached hydrogens (primary N) is 1. The molecule has 0 spiro atoms. The quantitative estimate of drug-likeness (QED) is 0.754. The van der Waals surface area contributed by atoms with Crippen molar-refractivity contribution in [3.8, 4) is 0 Å². The van der Waals surface area contributed by atoms with Crippen LogP contribution in [0.25, 0.3) is 10.9 Å². The number of alkyl halides is 3. The van der Waals surface area contributed by atoms with Crippen LogP contribution in [0.4, 0.5) is 13.2 Å². The van der Waals surface area contributed by atoms with Gasteiger partial charge in [-0.1, -0.05) is 30.3 Å². The standard InChI is InChI=1S/C17H13F3N2O/c18-17(19,20)15(10-4-2-1-3-5-10)14-11-8-9-22-13(11)7-6-12(14)16(21)23/h1-9,15,22H,(H2,21,23). The second kappa shape index (κ2) is 5.46. The molecule has 0 aliphatic carbocycles. The average Bonchev–Trinajstić information content (AvgIpc) is 2.95. The number of benzene rings is 2. The fourth-order valence-electron chi connectivity index (χ4n) is 2.85. The Bertz CT molecular complexity index is 853. The summed E-state index contributed by atoms with van der Waals surface area (Å²) in [6.07, 6.45) is -3.02. The largest absolute Gasteiger partial charge is 0.399 e. The Hall–Kier alpha value is -2.76. The van der Waals surface area contributed by atoms with Crippen LogP contribution in [0.5, 0.6) is 0 Å². The molecule has 0 saturated carbocycles. The van der Waals surface area contributed by atoms with Gasteiger partial charge in [0.2, 0.25) is 5.91 Å². The summed E-state index contributed by atoms with van der Waals surface area (Å²) in [6.45, 7) is 0. The zero-order chi connectivity index (χ0) is 16.6. The second-order valence-corrected chi connectivity index (χ2v) is 5.22. The lowest BCUT2D eigenvalue weighted by Gasteiger charge is -2.24. The van der Waals surface area contributed by atoms with E-state index in [1.54, 1.807) is 12.1 Å². The molecule has 23 heavy (non-hydrogen) atoms. The van der Waals surface area contributed by atoms with Crippen molar-refractivity contribution in [1.82, 2.24) is 4.98 Å². The van der Waals surface area contributed by atoms with Gasteiger partial charge in [0.25, 0.3) is 0 Å². The molecule has 3 aromatic rings. The number of aromatic nitrogens is 1. The molecule has 0 fully saturated rings. The summed E-state index contributed by atoms with van der Waals surface area (Å²) in [7, 11) is 0. The van der Waals surface area contributed by atoms with Crippen LogP contribution < -0.4 is 5.73 Å². The minimum absolute atomic E-state index is 0.0659. The third kappa shape index (κ3) is 2.67. The maximum atomic E-state index is 13.8. The van der Waals surface area contributed by atoms with E-state index in [1.807, 2.05) is 0 Å². The molecule has 3 N–H and O–H groups in total. The molecule has 1 heterocycles. The number of H-pyrrole nitrogens is 1. The highest BCUT2D eigenvalue weighted by Gasteiger charge is 2.44. The molecular formula is C17H13F3N2O. The van der Waals surface area contributed by atoms with Crippen LogP contribution in [0.2, 0.25) is 0 Å². The molecular weight excluding hydrogens is 305 g/mol. The van der Waals surface area contributed by atoms with Gasteiger partial charge in [-0.05, 0) is 29.3 Å². The van der Waals surface area contributed by atoms with Crippen LogP contribution >= 0.6 is 0 Å². The van der Waals surface area contributed by atoms with Gasteiger partial charge in [0.1, 0.15) is 5.92 Å². The van der Waals surface area contributed by atoms with E-state index in [2.05, 4.69) is 4.98 Å². The lowest BCUT2D eigenvalue weighted by atomic mass is 9.85. The van der Waals surface area contributed by atoms with Crippen molar-refractivity contribution in [3.63, 3.8) is 0 Å². The smallest absolute Gasteiger partial charge is 0.366 e. The first-order valence-corrected chi connectivity index (χ1v) is 6.91. The average molecular weight is 318 g/mol. The highest BCUT2D eigenvalue weighted by atomic mass is 19.4. The number of hydrogen-bond donors (Lipinski definition) is 2. The van der Waals surface area contributed by atoms with Crippen molar-refractivity contribution in [2.24, 2.45) is 5.73 Å². The van der Waals surface area contributed by atoms with E-state index < -0.39 is 18.0 Å². The van der Waals surface area contributed by atoms with E-state index in [9.17, 15) is 18.0 Å². The normalized spacial score (nSPS) is 13.2. The first-order valence-electron chi connectivity index (χ1n) is 6.91. The van der Waals surface area contributed by atoms with E-state index >= 15 is 0 Å². The third-order valence-electron chi connectivity index (χ3n) is 3.79. The number of carbonyl (C=O) groups excluding carboxylic acids is 1. The maximum Gasteiger partial charge on any atom is 0.399 e. The highest BCUT2D eigenvalue weighted by molar-refractivity contribution is 6.00. The fourth-order valence-corrected chi connectivity index (χ4v) is 2.85. The Labute approximate surface area is 129 Å². The minimum atomic E-state index is -4.56. The molecule has 0 aliphatic rings. The van der Waals surface area contributed by atoms with Crippen LogP contribution in [0.3, 0.4) is 0 Å². The van der Waals surface area contributed by atoms with Crippen LogP contribution in [0.1, 0.15) is 27.4 Å². The lowest BCUT2D eigenvalue weighted by Crippen LogP contribution is -2.26. The zero-order valence-corrected chi connectivity index (χ0v) is 11.9.